The van der Waals surface area contributed by atoms with Crippen LogP contribution in [0.4, 0.5) is 0 Å². The fraction of sp³-hybridized carbons (Fsp3) is 0.455. The van der Waals surface area contributed by atoms with Crippen molar-refractivity contribution >= 4 is 0 Å². The third-order valence-electron chi connectivity index (χ3n) is 2.15. The molecule has 1 aromatic rings. The van der Waals surface area contributed by atoms with Crippen molar-refractivity contribution in [3.63, 3.8) is 0 Å². The summed E-state index contributed by atoms with van der Waals surface area (Å²) in [5.74, 6) is -0.109. The summed E-state index contributed by atoms with van der Waals surface area (Å²) >= 11 is 0. The Morgan fingerprint density at radius 3 is 2.54 bits per heavy atom. The van der Waals surface area contributed by atoms with Gasteiger partial charge in [-0.3, -0.25) is 0 Å². The van der Waals surface area contributed by atoms with Gasteiger partial charge in [-0.05, 0) is 18.9 Å². The second kappa shape index (κ2) is 4.40. The lowest BCUT2D eigenvalue weighted by Crippen LogP contribution is -2.18. The molecule has 72 valence electrons. The lowest BCUT2D eigenvalue weighted by molar-refractivity contribution is -0.0780. The number of rotatable bonds is 3. The average molecular weight is 180 g/mol. The fourth-order valence-corrected chi connectivity index (χ4v) is 1.32. The Morgan fingerprint density at radius 2 is 2.00 bits per heavy atom. The van der Waals surface area contributed by atoms with E-state index in [0.29, 0.717) is 6.42 Å². The molecule has 0 spiro atoms. The molecule has 0 aromatic heterocycles. The van der Waals surface area contributed by atoms with Crippen molar-refractivity contribution in [3.05, 3.63) is 35.4 Å². The van der Waals surface area contributed by atoms with Crippen molar-refractivity contribution in [2.75, 3.05) is 0 Å². The predicted molar refractivity (Wildman–Crippen MR) is 52.3 cm³/mol. The highest BCUT2D eigenvalue weighted by Crippen LogP contribution is 2.12. The van der Waals surface area contributed by atoms with E-state index in [4.69, 9.17) is 10.2 Å². The number of aliphatic hydroxyl groups excluding tert-OH is 1. The molecule has 0 aliphatic heterocycles. The summed E-state index contributed by atoms with van der Waals surface area (Å²) in [7, 11) is 0. The van der Waals surface area contributed by atoms with Crippen molar-refractivity contribution < 1.29 is 10.2 Å². The summed E-state index contributed by atoms with van der Waals surface area (Å²) in [6.07, 6.45) is -0.514. The van der Waals surface area contributed by atoms with Crippen LogP contribution in [0.3, 0.4) is 0 Å². The quantitative estimate of drug-likeness (QED) is 0.692. The molecule has 1 unspecified atom stereocenters. The maximum absolute atomic E-state index is 8.91. The molecule has 2 heteroatoms. The molecule has 2 nitrogen and oxygen atoms in total. The molecule has 2 N–H and O–H groups in total. The summed E-state index contributed by atoms with van der Waals surface area (Å²) in [4.78, 5) is 0. The van der Waals surface area contributed by atoms with E-state index in [1.807, 2.05) is 32.0 Å². The number of hydrogen-bond acceptors (Lipinski definition) is 2. The van der Waals surface area contributed by atoms with Gasteiger partial charge in [0.15, 0.2) is 6.29 Å². The van der Waals surface area contributed by atoms with Gasteiger partial charge in [-0.1, -0.05) is 36.8 Å². The van der Waals surface area contributed by atoms with Crippen molar-refractivity contribution in [1.29, 1.82) is 0 Å². The van der Waals surface area contributed by atoms with Crippen molar-refractivity contribution in [3.8, 4) is 0 Å². The second-order valence-electron chi connectivity index (χ2n) is 3.58. The summed E-state index contributed by atoms with van der Waals surface area (Å²) < 4.78 is 0. The van der Waals surface area contributed by atoms with E-state index in [-0.39, 0.29) is 5.92 Å². The van der Waals surface area contributed by atoms with Crippen LogP contribution in [-0.4, -0.2) is 16.5 Å². The third-order valence-corrected chi connectivity index (χ3v) is 2.15. The van der Waals surface area contributed by atoms with E-state index < -0.39 is 6.29 Å². The smallest absolute Gasteiger partial charge is 0.154 e. The lowest BCUT2D eigenvalue weighted by atomic mass is 9.99. The Kier molecular flexibility index (Phi) is 3.46. The highest BCUT2D eigenvalue weighted by molar-refractivity contribution is 5.22. The first-order valence-electron chi connectivity index (χ1n) is 4.51. The zero-order valence-corrected chi connectivity index (χ0v) is 8.07. The minimum absolute atomic E-state index is 0.109. The van der Waals surface area contributed by atoms with Gasteiger partial charge in [0.2, 0.25) is 0 Å². The molecule has 0 aliphatic carbocycles. The van der Waals surface area contributed by atoms with Crippen LogP contribution in [0.15, 0.2) is 24.3 Å². The number of aryl methyl sites for hydroxylation is 1. The first-order chi connectivity index (χ1) is 6.09. The molecule has 1 aromatic carbocycles. The van der Waals surface area contributed by atoms with Crippen LogP contribution < -0.4 is 0 Å². The lowest BCUT2D eigenvalue weighted by Gasteiger charge is -2.13. The van der Waals surface area contributed by atoms with Crippen LogP contribution in [-0.2, 0) is 6.42 Å². The van der Waals surface area contributed by atoms with Crippen LogP contribution in [0.5, 0.6) is 0 Å². The van der Waals surface area contributed by atoms with Crippen molar-refractivity contribution in [1.82, 2.24) is 0 Å². The Hall–Kier alpha value is -0.860. The van der Waals surface area contributed by atoms with Gasteiger partial charge in [-0.25, -0.2) is 0 Å². The Bertz CT molecular complexity index is 269. The van der Waals surface area contributed by atoms with Gasteiger partial charge in [0.25, 0.3) is 0 Å². The normalized spacial score (nSPS) is 13.3. The highest BCUT2D eigenvalue weighted by atomic mass is 16.5. The van der Waals surface area contributed by atoms with Crippen LogP contribution in [0.1, 0.15) is 18.1 Å². The molecule has 0 amide bonds. The van der Waals surface area contributed by atoms with E-state index in [0.717, 1.165) is 5.56 Å². The standard InChI is InChI=1S/C11H16O2/c1-8-4-3-5-10(6-8)7-9(2)11(12)13/h3-6,9,11-13H,7H2,1-2H3. The summed E-state index contributed by atoms with van der Waals surface area (Å²) in [6, 6.07) is 8.09. The molecule has 13 heavy (non-hydrogen) atoms. The minimum atomic E-state index is -1.22. The molecule has 1 atom stereocenters. The van der Waals surface area contributed by atoms with Gasteiger partial charge in [-0.15, -0.1) is 0 Å². The zero-order valence-electron chi connectivity index (χ0n) is 8.07. The number of hydrogen-bond donors (Lipinski definition) is 2. The topological polar surface area (TPSA) is 40.5 Å². The highest BCUT2D eigenvalue weighted by Gasteiger charge is 2.10. The molecule has 1 rings (SSSR count). The maximum atomic E-state index is 8.91. The molecular weight excluding hydrogens is 164 g/mol. The average Bonchev–Trinajstić information content (AvgIpc) is 2.04. The molecule has 0 heterocycles. The van der Waals surface area contributed by atoms with E-state index in [9.17, 15) is 0 Å². The third kappa shape index (κ3) is 3.17. The first-order valence-corrected chi connectivity index (χ1v) is 4.51. The second-order valence-corrected chi connectivity index (χ2v) is 3.58. The molecular formula is C11H16O2. The summed E-state index contributed by atoms with van der Waals surface area (Å²) in [6.45, 7) is 3.86. The van der Waals surface area contributed by atoms with Gasteiger partial charge in [0.1, 0.15) is 0 Å². The van der Waals surface area contributed by atoms with Crippen molar-refractivity contribution in [2.45, 2.75) is 26.6 Å². The van der Waals surface area contributed by atoms with Gasteiger partial charge < -0.3 is 10.2 Å². The minimum Gasteiger partial charge on any atom is -0.368 e. The fourth-order valence-electron chi connectivity index (χ4n) is 1.32. The zero-order chi connectivity index (χ0) is 9.84. The van der Waals surface area contributed by atoms with Crippen LogP contribution in [0, 0.1) is 12.8 Å². The summed E-state index contributed by atoms with van der Waals surface area (Å²) in [5.41, 5.74) is 2.36. The van der Waals surface area contributed by atoms with Gasteiger partial charge in [-0.2, -0.15) is 0 Å². The van der Waals surface area contributed by atoms with Crippen molar-refractivity contribution in [2.24, 2.45) is 5.92 Å². The van der Waals surface area contributed by atoms with E-state index in [2.05, 4.69) is 6.07 Å². The van der Waals surface area contributed by atoms with Crippen LogP contribution in [0.2, 0.25) is 0 Å². The van der Waals surface area contributed by atoms with Crippen LogP contribution >= 0.6 is 0 Å². The van der Waals surface area contributed by atoms with E-state index in [1.54, 1.807) is 0 Å². The monoisotopic (exact) mass is 180 g/mol. The van der Waals surface area contributed by atoms with Crippen LogP contribution in [0.25, 0.3) is 0 Å². The van der Waals surface area contributed by atoms with E-state index in [1.165, 1.54) is 5.56 Å². The molecule has 0 radical (unpaired) electrons. The molecule has 0 bridgehead atoms. The van der Waals surface area contributed by atoms with E-state index >= 15 is 0 Å². The maximum Gasteiger partial charge on any atom is 0.154 e. The molecule has 0 saturated heterocycles. The molecule has 0 fully saturated rings. The molecule has 0 aliphatic rings. The van der Waals surface area contributed by atoms with Gasteiger partial charge in [0.05, 0.1) is 0 Å². The number of benzene rings is 1. The Balaban J connectivity index is 2.64. The Morgan fingerprint density at radius 1 is 1.31 bits per heavy atom. The van der Waals surface area contributed by atoms with Gasteiger partial charge in [0, 0.05) is 5.92 Å². The van der Waals surface area contributed by atoms with Gasteiger partial charge >= 0.3 is 0 Å². The Labute approximate surface area is 78.8 Å². The predicted octanol–water partition coefficient (Wildman–Crippen LogP) is 1.48. The SMILES string of the molecule is Cc1cccc(CC(C)C(O)O)c1. The first kappa shape index (κ1) is 10.2. The molecule has 0 saturated carbocycles. The number of aliphatic hydroxyl groups is 2. The summed E-state index contributed by atoms with van der Waals surface area (Å²) in [5, 5.41) is 17.8. The largest absolute Gasteiger partial charge is 0.368 e.